The minimum Gasteiger partial charge on any atom is -0.497 e. The third-order valence-corrected chi connectivity index (χ3v) is 2.95. The predicted molar refractivity (Wildman–Crippen MR) is 76.4 cm³/mol. The normalized spacial score (nSPS) is 11.8. The van der Waals surface area contributed by atoms with Gasteiger partial charge in [-0.1, -0.05) is 18.2 Å². The zero-order valence-electron chi connectivity index (χ0n) is 11.6. The summed E-state index contributed by atoms with van der Waals surface area (Å²) in [5.74, 6) is 2.15. The third kappa shape index (κ3) is 3.65. The number of aliphatic hydroxyl groups excluding tert-OH is 1. The van der Waals surface area contributed by atoms with E-state index in [1.54, 1.807) is 20.3 Å². The second kappa shape index (κ2) is 6.82. The fourth-order valence-corrected chi connectivity index (χ4v) is 1.79. The van der Waals surface area contributed by atoms with Crippen molar-refractivity contribution in [3.63, 3.8) is 0 Å². The summed E-state index contributed by atoms with van der Waals surface area (Å²) in [6.45, 7) is 0.180. The van der Waals surface area contributed by atoms with E-state index in [2.05, 4.69) is 0 Å². The van der Waals surface area contributed by atoms with E-state index in [0.717, 1.165) is 17.1 Å². The molecule has 1 N–H and O–H groups in total. The van der Waals surface area contributed by atoms with Gasteiger partial charge in [-0.25, -0.2) is 0 Å². The summed E-state index contributed by atoms with van der Waals surface area (Å²) in [5.41, 5.74) is 0.786. The van der Waals surface area contributed by atoms with Gasteiger partial charge in [-0.2, -0.15) is 0 Å². The van der Waals surface area contributed by atoms with Crippen molar-refractivity contribution in [3.8, 4) is 17.2 Å². The molecule has 0 saturated carbocycles. The maximum atomic E-state index is 10.1. The molecule has 2 aromatic rings. The molecule has 20 heavy (non-hydrogen) atoms. The Morgan fingerprint density at radius 3 is 2.20 bits per heavy atom. The molecule has 4 nitrogen and oxygen atoms in total. The van der Waals surface area contributed by atoms with Crippen LogP contribution >= 0.6 is 0 Å². The summed E-state index contributed by atoms with van der Waals surface area (Å²) in [6, 6.07) is 14.5. The number of ether oxygens (including phenoxy) is 3. The molecule has 0 aliphatic carbocycles. The lowest BCUT2D eigenvalue weighted by molar-refractivity contribution is 0.108. The van der Waals surface area contributed by atoms with Crippen LogP contribution in [-0.2, 0) is 0 Å². The Morgan fingerprint density at radius 1 is 0.900 bits per heavy atom. The van der Waals surface area contributed by atoms with Crippen LogP contribution in [0.3, 0.4) is 0 Å². The highest BCUT2D eigenvalue weighted by Gasteiger charge is 2.09. The van der Waals surface area contributed by atoms with E-state index in [1.807, 2.05) is 42.5 Å². The summed E-state index contributed by atoms with van der Waals surface area (Å²) in [4.78, 5) is 0. The Hall–Kier alpha value is -2.20. The van der Waals surface area contributed by atoms with Gasteiger partial charge in [-0.3, -0.25) is 0 Å². The fourth-order valence-electron chi connectivity index (χ4n) is 1.79. The van der Waals surface area contributed by atoms with Crippen molar-refractivity contribution in [2.24, 2.45) is 0 Å². The van der Waals surface area contributed by atoms with Crippen LogP contribution in [-0.4, -0.2) is 25.9 Å². The first-order valence-electron chi connectivity index (χ1n) is 6.32. The van der Waals surface area contributed by atoms with Crippen molar-refractivity contribution >= 4 is 0 Å². The van der Waals surface area contributed by atoms with Crippen LogP contribution in [0, 0.1) is 0 Å². The highest BCUT2D eigenvalue weighted by atomic mass is 16.5. The minimum atomic E-state index is -0.688. The smallest absolute Gasteiger partial charge is 0.123 e. The van der Waals surface area contributed by atoms with Gasteiger partial charge in [0.25, 0.3) is 0 Å². The average molecular weight is 274 g/mol. The minimum absolute atomic E-state index is 0.180. The number of methoxy groups -OCH3 is 2. The van der Waals surface area contributed by atoms with E-state index < -0.39 is 6.10 Å². The molecule has 0 aliphatic rings. The monoisotopic (exact) mass is 274 g/mol. The lowest BCUT2D eigenvalue weighted by Crippen LogP contribution is -2.09. The second-order valence-electron chi connectivity index (χ2n) is 4.28. The van der Waals surface area contributed by atoms with E-state index in [4.69, 9.17) is 14.2 Å². The van der Waals surface area contributed by atoms with Gasteiger partial charge in [-0.05, 0) is 29.8 Å². The lowest BCUT2D eigenvalue weighted by atomic mass is 10.1. The molecule has 4 heteroatoms. The van der Waals surface area contributed by atoms with Crippen molar-refractivity contribution < 1.29 is 19.3 Å². The molecular formula is C16H18O4. The van der Waals surface area contributed by atoms with Gasteiger partial charge < -0.3 is 19.3 Å². The van der Waals surface area contributed by atoms with Crippen LogP contribution in [0.25, 0.3) is 0 Å². The summed E-state index contributed by atoms with van der Waals surface area (Å²) in [7, 11) is 3.21. The first-order valence-corrected chi connectivity index (χ1v) is 6.32. The molecule has 0 fully saturated rings. The van der Waals surface area contributed by atoms with Gasteiger partial charge in [0.05, 0.1) is 14.2 Å². The zero-order valence-corrected chi connectivity index (χ0v) is 11.6. The Balaban J connectivity index is 1.95. The van der Waals surface area contributed by atoms with Gasteiger partial charge in [0, 0.05) is 6.07 Å². The van der Waals surface area contributed by atoms with Crippen LogP contribution < -0.4 is 14.2 Å². The first kappa shape index (κ1) is 14.2. The van der Waals surface area contributed by atoms with Crippen molar-refractivity contribution in [1.82, 2.24) is 0 Å². The quantitative estimate of drug-likeness (QED) is 0.880. The highest BCUT2D eigenvalue weighted by Crippen LogP contribution is 2.22. The molecule has 0 radical (unpaired) electrons. The van der Waals surface area contributed by atoms with Crippen LogP contribution in [0.5, 0.6) is 17.2 Å². The topological polar surface area (TPSA) is 47.9 Å². The highest BCUT2D eigenvalue weighted by molar-refractivity contribution is 5.33. The van der Waals surface area contributed by atoms with Crippen molar-refractivity contribution in [1.29, 1.82) is 0 Å². The first-order chi connectivity index (χ1) is 9.72. The van der Waals surface area contributed by atoms with Gasteiger partial charge >= 0.3 is 0 Å². The van der Waals surface area contributed by atoms with Crippen molar-refractivity contribution in [3.05, 3.63) is 54.1 Å². The molecule has 0 saturated heterocycles. The number of rotatable bonds is 6. The maximum Gasteiger partial charge on any atom is 0.123 e. The van der Waals surface area contributed by atoms with Gasteiger partial charge in [0.2, 0.25) is 0 Å². The molecule has 0 heterocycles. The summed E-state index contributed by atoms with van der Waals surface area (Å²) < 4.78 is 15.8. The van der Waals surface area contributed by atoms with E-state index in [0.29, 0.717) is 5.75 Å². The molecular weight excluding hydrogens is 256 g/mol. The number of hydrogen-bond acceptors (Lipinski definition) is 4. The molecule has 0 aliphatic heterocycles. The largest absolute Gasteiger partial charge is 0.497 e. The molecule has 0 spiro atoms. The fraction of sp³-hybridized carbons (Fsp3) is 0.250. The van der Waals surface area contributed by atoms with E-state index >= 15 is 0 Å². The van der Waals surface area contributed by atoms with Crippen LogP contribution in [0.2, 0.25) is 0 Å². The SMILES string of the molecule is COc1ccc(C(O)COc2cccc(OC)c2)cc1. The van der Waals surface area contributed by atoms with Crippen molar-refractivity contribution in [2.45, 2.75) is 6.10 Å². The second-order valence-corrected chi connectivity index (χ2v) is 4.28. The summed E-state index contributed by atoms with van der Waals surface area (Å²) in [6.07, 6.45) is -0.688. The zero-order chi connectivity index (χ0) is 14.4. The Morgan fingerprint density at radius 2 is 1.55 bits per heavy atom. The predicted octanol–water partition coefficient (Wildman–Crippen LogP) is 2.82. The molecule has 1 unspecified atom stereocenters. The third-order valence-electron chi connectivity index (χ3n) is 2.95. The average Bonchev–Trinajstić information content (AvgIpc) is 2.53. The maximum absolute atomic E-state index is 10.1. The van der Waals surface area contributed by atoms with E-state index in [1.165, 1.54) is 0 Å². The molecule has 0 bridgehead atoms. The van der Waals surface area contributed by atoms with Crippen molar-refractivity contribution in [2.75, 3.05) is 20.8 Å². The Bertz CT molecular complexity index is 536. The number of benzene rings is 2. The molecule has 1 atom stereocenters. The van der Waals surface area contributed by atoms with Crippen LogP contribution in [0.4, 0.5) is 0 Å². The van der Waals surface area contributed by atoms with Crippen LogP contribution in [0.1, 0.15) is 11.7 Å². The Kier molecular flexibility index (Phi) is 4.85. The molecule has 2 rings (SSSR count). The standard InChI is InChI=1S/C16H18O4/c1-18-13-8-6-12(7-9-13)16(17)11-20-15-5-3-4-14(10-15)19-2/h3-10,16-17H,11H2,1-2H3. The molecule has 0 amide bonds. The summed E-state index contributed by atoms with van der Waals surface area (Å²) in [5, 5.41) is 10.1. The number of hydrogen-bond donors (Lipinski definition) is 1. The van der Waals surface area contributed by atoms with Gasteiger partial charge in [0.15, 0.2) is 0 Å². The van der Waals surface area contributed by atoms with Crippen LogP contribution in [0.15, 0.2) is 48.5 Å². The molecule has 0 aromatic heterocycles. The van der Waals surface area contributed by atoms with E-state index in [-0.39, 0.29) is 6.61 Å². The van der Waals surface area contributed by atoms with Gasteiger partial charge in [-0.15, -0.1) is 0 Å². The lowest BCUT2D eigenvalue weighted by Gasteiger charge is -2.13. The van der Waals surface area contributed by atoms with Gasteiger partial charge in [0.1, 0.15) is 30.0 Å². The Labute approximate surface area is 118 Å². The number of aliphatic hydroxyl groups is 1. The summed E-state index contributed by atoms with van der Waals surface area (Å²) >= 11 is 0. The van der Waals surface area contributed by atoms with E-state index in [9.17, 15) is 5.11 Å². The molecule has 106 valence electrons. The molecule has 2 aromatic carbocycles.